The highest BCUT2D eigenvalue weighted by molar-refractivity contribution is 5.84. The number of hydrogen-bond acceptors (Lipinski definition) is 2. The molecule has 0 amide bonds. The number of carbonyl (C=O) groups excluding carboxylic acids is 1. The highest BCUT2D eigenvalue weighted by Crippen LogP contribution is 2.17. The lowest BCUT2D eigenvalue weighted by Gasteiger charge is -2.09. The number of halogens is 2. The lowest BCUT2D eigenvalue weighted by molar-refractivity contribution is 0.112. The van der Waals surface area contributed by atoms with Gasteiger partial charge in [-0.25, -0.2) is 8.78 Å². The Morgan fingerprint density at radius 1 is 1.57 bits per heavy atom. The Kier molecular flexibility index (Phi) is 3.56. The van der Waals surface area contributed by atoms with E-state index in [2.05, 4.69) is 5.32 Å². The summed E-state index contributed by atoms with van der Waals surface area (Å²) in [5, 5.41) is 2.55. The molecular weight excluding hydrogens is 188 g/mol. The predicted octanol–water partition coefficient (Wildman–Crippen LogP) is 2.41. The number of anilines is 1. The molecule has 1 N–H and O–H groups in total. The molecule has 0 saturated heterocycles. The summed E-state index contributed by atoms with van der Waals surface area (Å²) >= 11 is 0. The van der Waals surface area contributed by atoms with Gasteiger partial charge in [0.2, 0.25) is 0 Å². The molecule has 0 fully saturated rings. The Balaban J connectivity index is 2.87. The minimum absolute atomic E-state index is 0.0121. The summed E-state index contributed by atoms with van der Waals surface area (Å²) in [7, 11) is 0. The number of alkyl halides is 1. The third-order valence-electron chi connectivity index (χ3n) is 1.73. The number of carbonyl (C=O) groups is 1. The third kappa shape index (κ3) is 2.52. The molecule has 4 heteroatoms. The minimum atomic E-state index is -1.09. The lowest BCUT2D eigenvalue weighted by atomic mass is 10.2. The molecule has 1 atom stereocenters. The van der Waals surface area contributed by atoms with Crippen molar-refractivity contribution in [3.63, 3.8) is 0 Å². The van der Waals surface area contributed by atoms with E-state index >= 15 is 0 Å². The van der Waals surface area contributed by atoms with Crippen LogP contribution in [0.2, 0.25) is 0 Å². The molecule has 0 heterocycles. The second-order valence-corrected chi connectivity index (χ2v) is 2.98. The van der Waals surface area contributed by atoms with Crippen molar-refractivity contribution in [3.8, 4) is 0 Å². The molecule has 1 aromatic carbocycles. The summed E-state index contributed by atoms with van der Waals surface area (Å²) in [6.07, 6.45) is -0.553. The van der Waals surface area contributed by atoms with E-state index < -0.39 is 12.0 Å². The first-order chi connectivity index (χ1) is 6.65. The Morgan fingerprint density at radius 2 is 2.29 bits per heavy atom. The van der Waals surface area contributed by atoms with Gasteiger partial charge in [-0.05, 0) is 19.1 Å². The van der Waals surface area contributed by atoms with Crippen molar-refractivity contribution in [3.05, 3.63) is 29.6 Å². The van der Waals surface area contributed by atoms with Crippen molar-refractivity contribution < 1.29 is 13.6 Å². The highest BCUT2D eigenvalue weighted by atomic mass is 19.1. The van der Waals surface area contributed by atoms with Crippen LogP contribution in [0.3, 0.4) is 0 Å². The molecule has 0 aliphatic carbocycles. The van der Waals surface area contributed by atoms with Crippen LogP contribution < -0.4 is 5.32 Å². The zero-order valence-corrected chi connectivity index (χ0v) is 7.76. The normalized spacial score (nSPS) is 12.2. The van der Waals surface area contributed by atoms with E-state index in [9.17, 15) is 13.6 Å². The molecule has 1 unspecified atom stereocenters. The maximum Gasteiger partial charge on any atom is 0.152 e. The van der Waals surface area contributed by atoms with Crippen LogP contribution >= 0.6 is 0 Å². The Morgan fingerprint density at radius 3 is 2.86 bits per heavy atom. The lowest BCUT2D eigenvalue weighted by Crippen LogP contribution is -2.13. The Labute approximate surface area is 80.9 Å². The average molecular weight is 199 g/mol. The van der Waals surface area contributed by atoms with Gasteiger partial charge in [0.05, 0.1) is 5.69 Å². The van der Waals surface area contributed by atoms with Gasteiger partial charge >= 0.3 is 0 Å². The van der Waals surface area contributed by atoms with Gasteiger partial charge in [0.25, 0.3) is 0 Å². The van der Waals surface area contributed by atoms with Gasteiger partial charge in [-0.3, -0.25) is 4.79 Å². The Bertz CT molecular complexity index is 326. The number of hydrogen-bond donors (Lipinski definition) is 1. The molecule has 76 valence electrons. The van der Waals surface area contributed by atoms with Crippen molar-refractivity contribution in [2.45, 2.75) is 13.1 Å². The maximum atomic E-state index is 13.1. The highest BCUT2D eigenvalue weighted by Gasteiger charge is 2.08. The van der Waals surface area contributed by atoms with Gasteiger partial charge in [-0.1, -0.05) is 6.07 Å². The van der Waals surface area contributed by atoms with E-state index in [1.54, 1.807) is 0 Å². The number of aldehydes is 1. The molecule has 1 aromatic rings. The molecule has 0 aliphatic heterocycles. The van der Waals surface area contributed by atoms with E-state index in [0.717, 1.165) is 0 Å². The van der Waals surface area contributed by atoms with Gasteiger partial charge in [0.15, 0.2) is 6.29 Å². The van der Waals surface area contributed by atoms with E-state index in [1.807, 2.05) is 0 Å². The van der Waals surface area contributed by atoms with Crippen molar-refractivity contribution in [2.75, 3.05) is 11.9 Å². The SMILES string of the molecule is CC(F)CNc1c(F)cccc1C=O. The Hall–Kier alpha value is -1.45. The molecule has 0 bridgehead atoms. The van der Waals surface area contributed by atoms with Crippen molar-refractivity contribution >= 4 is 12.0 Å². The molecule has 1 rings (SSSR count). The molecule has 0 aromatic heterocycles. The number of rotatable bonds is 4. The summed E-state index contributed by atoms with van der Waals surface area (Å²) in [4.78, 5) is 10.5. The van der Waals surface area contributed by atoms with Gasteiger partial charge < -0.3 is 5.32 Å². The van der Waals surface area contributed by atoms with Crippen LogP contribution in [-0.2, 0) is 0 Å². The van der Waals surface area contributed by atoms with Gasteiger partial charge in [-0.15, -0.1) is 0 Å². The topological polar surface area (TPSA) is 29.1 Å². The monoisotopic (exact) mass is 199 g/mol. The summed E-state index contributed by atoms with van der Waals surface area (Å²) in [5.41, 5.74) is 0.262. The summed E-state index contributed by atoms with van der Waals surface area (Å²) < 4.78 is 25.6. The van der Waals surface area contributed by atoms with Crippen LogP contribution in [-0.4, -0.2) is 19.0 Å². The van der Waals surface area contributed by atoms with Gasteiger partial charge in [0, 0.05) is 12.1 Å². The fraction of sp³-hybridized carbons (Fsp3) is 0.300. The van der Waals surface area contributed by atoms with Crippen molar-refractivity contribution in [2.24, 2.45) is 0 Å². The van der Waals surface area contributed by atoms with Crippen LogP contribution in [0.5, 0.6) is 0 Å². The standard InChI is InChI=1S/C10H11F2NO/c1-7(11)5-13-10-8(6-14)3-2-4-9(10)12/h2-4,6-7,13H,5H2,1H3. The second-order valence-electron chi connectivity index (χ2n) is 2.98. The van der Waals surface area contributed by atoms with Crippen LogP contribution in [0.1, 0.15) is 17.3 Å². The fourth-order valence-corrected chi connectivity index (χ4v) is 1.07. The molecule has 0 spiro atoms. The van der Waals surface area contributed by atoms with Crippen LogP contribution in [0.4, 0.5) is 14.5 Å². The predicted molar refractivity (Wildman–Crippen MR) is 50.8 cm³/mol. The van der Waals surface area contributed by atoms with Gasteiger partial charge in [-0.2, -0.15) is 0 Å². The van der Waals surface area contributed by atoms with E-state index in [0.29, 0.717) is 6.29 Å². The molecule has 0 radical (unpaired) electrons. The fourth-order valence-electron chi connectivity index (χ4n) is 1.07. The quantitative estimate of drug-likeness (QED) is 0.754. The number of nitrogens with one attached hydrogen (secondary N) is 1. The first kappa shape index (κ1) is 10.6. The summed E-state index contributed by atoms with van der Waals surface area (Å²) in [5.74, 6) is -0.546. The molecule has 2 nitrogen and oxygen atoms in total. The zero-order chi connectivity index (χ0) is 10.6. The first-order valence-electron chi connectivity index (χ1n) is 4.26. The molecule has 0 aliphatic rings. The second kappa shape index (κ2) is 4.69. The third-order valence-corrected chi connectivity index (χ3v) is 1.73. The van der Waals surface area contributed by atoms with E-state index in [-0.39, 0.29) is 17.8 Å². The number of para-hydroxylation sites is 1. The van der Waals surface area contributed by atoms with Crippen LogP contribution in [0.25, 0.3) is 0 Å². The largest absolute Gasteiger partial charge is 0.379 e. The van der Waals surface area contributed by atoms with E-state index in [4.69, 9.17) is 0 Å². The van der Waals surface area contributed by atoms with Crippen molar-refractivity contribution in [1.29, 1.82) is 0 Å². The zero-order valence-electron chi connectivity index (χ0n) is 7.76. The smallest absolute Gasteiger partial charge is 0.152 e. The average Bonchev–Trinajstić information content (AvgIpc) is 2.15. The molecule has 14 heavy (non-hydrogen) atoms. The first-order valence-corrected chi connectivity index (χ1v) is 4.26. The molecular formula is C10H11F2NO. The summed E-state index contributed by atoms with van der Waals surface area (Å²) in [6.45, 7) is 1.34. The summed E-state index contributed by atoms with van der Waals surface area (Å²) in [6, 6.07) is 4.13. The van der Waals surface area contributed by atoms with Gasteiger partial charge in [0.1, 0.15) is 12.0 Å². The van der Waals surface area contributed by atoms with E-state index in [1.165, 1.54) is 25.1 Å². The van der Waals surface area contributed by atoms with Crippen LogP contribution in [0, 0.1) is 5.82 Å². The maximum absolute atomic E-state index is 13.1. The van der Waals surface area contributed by atoms with Crippen LogP contribution in [0.15, 0.2) is 18.2 Å². The van der Waals surface area contributed by atoms with Crippen molar-refractivity contribution in [1.82, 2.24) is 0 Å². The number of benzene rings is 1. The molecule has 0 saturated carbocycles. The minimum Gasteiger partial charge on any atom is -0.379 e.